The summed E-state index contributed by atoms with van der Waals surface area (Å²) in [4.78, 5) is 23.0. The van der Waals surface area contributed by atoms with Gasteiger partial charge in [-0.05, 0) is 49.9 Å². The molecule has 1 aliphatic carbocycles. The van der Waals surface area contributed by atoms with Crippen molar-refractivity contribution < 1.29 is 9.18 Å². The van der Waals surface area contributed by atoms with Gasteiger partial charge in [-0.3, -0.25) is 4.79 Å². The fourth-order valence-corrected chi connectivity index (χ4v) is 3.32. The Balaban J connectivity index is 1.50. The highest BCUT2D eigenvalue weighted by molar-refractivity contribution is 6.31. The Morgan fingerprint density at radius 2 is 1.89 bits per heavy atom. The first kappa shape index (κ1) is 19.4. The number of carbonyl (C=O) groups is 1. The van der Waals surface area contributed by atoms with Crippen molar-refractivity contribution in [2.45, 2.75) is 37.8 Å². The SMILES string of the molecule is CN(C)c1ccnc(NC2CCC(NC(=O)c3ccc(F)c(Cl)c3)CC2)n1. The predicted octanol–water partition coefficient (Wildman–Crippen LogP) is 3.49. The highest BCUT2D eigenvalue weighted by Gasteiger charge is 2.23. The average Bonchev–Trinajstić information content (AvgIpc) is 2.65. The van der Waals surface area contributed by atoms with Crippen molar-refractivity contribution in [1.29, 1.82) is 0 Å². The van der Waals surface area contributed by atoms with Crippen molar-refractivity contribution in [3.8, 4) is 0 Å². The van der Waals surface area contributed by atoms with Gasteiger partial charge in [0, 0.05) is 37.9 Å². The van der Waals surface area contributed by atoms with Crippen LogP contribution < -0.4 is 15.5 Å². The molecule has 1 aromatic heterocycles. The highest BCUT2D eigenvalue weighted by Crippen LogP contribution is 2.22. The zero-order valence-corrected chi connectivity index (χ0v) is 16.1. The average molecular weight is 392 g/mol. The van der Waals surface area contributed by atoms with Crippen molar-refractivity contribution in [3.63, 3.8) is 0 Å². The molecule has 0 unspecified atom stereocenters. The molecule has 0 atom stereocenters. The van der Waals surface area contributed by atoms with Crippen LogP contribution in [0.1, 0.15) is 36.0 Å². The van der Waals surface area contributed by atoms with Gasteiger partial charge in [0.2, 0.25) is 5.95 Å². The summed E-state index contributed by atoms with van der Waals surface area (Å²) in [7, 11) is 3.88. The molecule has 27 heavy (non-hydrogen) atoms. The molecule has 1 aromatic carbocycles. The molecule has 1 aliphatic rings. The number of nitrogens with zero attached hydrogens (tertiary/aromatic N) is 3. The summed E-state index contributed by atoms with van der Waals surface area (Å²) in [6.07, 6.45) is 5.26. The summed E-state index contributed by atoms with van der Waals surface area (Å²) in [5.74, 6) is 0.719. The Morgan fingerprint density at radius 3 is 2.56 bits per heavy atom. The second kappa shape index (κ2) is 8.52. The fraction of sp³-hybridized carbons (Fsp3) is 0.421. The van der Waals surface area contributed by atoms with Crippen molar-refractivity contribution >= 4 is 29.3 Å². The van der Waals surface area contributed by atoms with Crippen LogP contribution in [-0.2, 0) is 0 Å². The molecule has 8 heteroatoms. The molecule has 1 fully saturated rings. The zero-order valence-electron chi connectivity index (χ0n) is 15.4. The van der Waals surface area contributed by atoms with Crippen molar-refractivity contribution in [3.05, 3.63) is 46.9 Å². The summed E-state index contributed by atoms with van der Waals surface area (Å²) in [6, 6.07) is 6.23. The molecule has 0 bridgehead atoms. The molecule has 3 rings (SSSR count). The molecule has 144 valence electrons. The van der Waals surface area contributed by atoms with Crippen molar-refractivity contribution in [2.75, 3.05) is 24.3 Å². The number of rotatable bonds is 5. The number of nitrogens with one attached hydrogen (secondary N) is 2. The van der Waals surface area contributed by atoms with E-state index in [-0.39, 0.29) is 23.0 Å². The first-order chi connectivity index (χ1) is 12.9. The van der Waals surface area contributed by atoms with Crippen LogP contribution in [0.4, 0.5) is 16.2 Å². The van der Waals surface area contributed by atoms with Crippen LogP contribution in [0.25, 0.3) is 0 Å². The van der Waals surface area contributed by atoms with E-state index in [9.17, 15) is 9.18 Å². The number of benzene rings is 1. The Labute approximate surface area is 163 Å². The first-order valence-corrected chi connectivity index (χ1v) is 9.33. The molecular formula is C19H23ClFN5O. The number of hydrogen-bond donors (Lipinski definition) is 2. The lowest BCUT2D eigenvalue weighted by atomic mass is 9.91. The van der Waals surface area contributed by atoms with E-state index in [1.54, 1.807) is 6.20 Å². The lowest BCUT2D eigenvalue weighted by Crippen LogP contribution is -2.40. The Kier molecular flexibility index (Phi) is 6.11. The first-order valence-electron chi connectivity index (χ1n) is 8.95. The normalized spacial score (nSPS) is 19.4. The van der Waals surface area contributed by atoms with E-state index >= 15 is 0 Å². The maximum atomic E-state index is 13.2. The van der Waals surface area contributed by atoms with Gasteiger partial charge in [0.25, 0.3) is 5.91 Å². The monoisotopic (exact) mass is 391 g/mol. The van der Waals surface area contributed by atoms with Crippen LogP contribution in [0.15, 0.2) is 30.5 Å². The van der Waals surface area contributed by atoms with Gasteiger partial charge < -0.3 is 15.5 Å². The van der Waals surface area contributed by atoms with E-state index in [0.717, 1.165) is 31.5 Å². The maximum absolute atomic E-state index is 13.2. The molecular weight excluding hydrogens is 369 g/mol. The van der Waals surface area contributed by atoms with Gasteiger partial charge in [0.05, 0.1) is 5.02 Å². The molecule has 6 nitrogen and oxygen atoms in total. The van der Waals surface area contributed by atoms with E-state index in [4.69, 9.17) is 11.6 Å². The predicted molar refractivity (Wildman–Crippen MR) is 105 cm³/mol. The van der Waals surface area contributed by atoms with Gasteiger partial charge >= 0.3 is 0 Å². The molecule has 0 aliphatic heterocycles. The lowest BCUT2D eigenvalue weighted by Gasteiger charge is -2.29. The summed E-state index contributed by atoms with van der Waals surface area (Å²) >= 11 is 5.75. The third-order valence-corrected chi connectivity index (χ3v) is 4.97. The Morgan fingerprint density at radius 1 is 1.19 bits per heavy atom. The number of hydrogen-bond acceptors (Lipinski definition) is 5. The van der Waals surface area contributed by atoms with Crippen LogP contribution in [0.5, 0.6) is 0 Å². The molecule has 2 N–H and O–H groups in total. The number of amides is 1. The lowest BCUT2D eigenvalue weighted by molar-refractivity contribution is 0.0926. The van der Waals surface area contributed by atoms with Crippen LogP contribution >= 0.6 is 11.6 Å². The minimum Gasteiger partial charge on any atom is -0.363 e. The summed E-state index contributed by atoms with van der Waals surface area (Å²) in [5.41, 5.74) is 0.371. The number of anilines is 2. The highest BCUT2D eigenvalue weighted by atomic mass is 35.5. The van der Waals surface area contributed by atoms with Gasteiger partial charge in [-0.2, -0.15) is 4.98 Å². The van der Waals surface area contributed by atoms with Gasteiger partial charge in [-0.1, -0.05) is 11.6 Å². The standard InChI is InChI=1S/C19H23ClFN5O/c1-26(2)17-9-10-22-19(25-17)24-14-6-4-13(5-7-14)23-18(27)12-3-8-16(21)15(20)11-12/h3,8-11,13-14H,4-7H2,1-2H3,(H,23,27)(H,22,24,25). The molecule has 2 aromatic rings. The molecule has 0 radical (unpaired) electrons. The molecule has 0 spiro atoms. The van der Waals surface area contributed by atoms with Crippen LogP contribution in [0.2, 0.25) is 5.02 Å². The minimum absolute atomic E-state index is 0.0458. The minimum atomic E-state index is -0.527. The molecule has 1 amide bonds. The van der Waals surface area contributed by atoms with Crippen LogP contribution in [-0.4, -0.2) is 42.1 Å². The van der Waals surface area contributed by atoms with E-state index in [1.807, 2.05) is 25.1 Å². The van der Waals surface area contributed by atoms with Gasteiger partial charge in [-0.15, -0.1) is 0 Å². The summed E-state index contributed by atoms with van der Waals surface area (Å²) < 4.78 is 13.2. The molecule has 0 saturated heterocycles. The van der Waals surface area contributed by atoms with Gasteiger partial charge in [0.15, 0.2) is 0 Å². The third-order valence-electron chi connectivity index (χ3n) is 4.68. The zero-order chi connectivity index (χ0) is 19.4. The number of carbonyl (C=O) groups excluding carboxylic acids is 1. The van der Waals surface area contributed by atoms with E-state index in [1.165, 1.54) is 18.2 Å². The van der Waals surface area contributed by atoms with Gasteiger partial charge in [0.1, 0.15) is 11.6 Å². The number of halogens is 2. The summed E-state index contributed by atoms with van der Waals surface area (Å²) in [6.45, 7) is 0. The summed E-state index contributed by atoms with van der Waals surface area (Å²) in [5, 5.41) is 6.33. The van der Waals surface area contributed by atoms with E-state index in [2.05, 4.69) is 20.6 Å². The van der Waals surface area contributed by atoms with Crippen LogP contribution in [0.3, 0.4) is 0 Å². The van der Waals surface area contributed by atoms with E-state index in [0.29, 0.717) is 11.5 Å². The van der Waals surface area contributed by atoms with Gasteiger partial charge in [-0.25, -0.2) is 9.37 Å². The smallest absolute Gasteiger partial charge is 0.251 e. The number of aromatic nitrogens is 2. The second-order valence-corrected chi connectivity index (χ2v) is 7.34. The fourth-order valence-electron chi connectivity index (χ4n) is 3.14. The maximum Gasteiger partial charge on any atom is 0.251 e. The molecule has 1 saturated carbocycles. The Hall–Kier alpha value is -2.41. The topological polar surface area (TPSA) is 70.2 Å². The van der Waals surface area contributed by atoms with Crippen LogP contribution in [0, 0.1) is 5.82 Å². The van der Waals surface area contributed by atoms with E-state index < -0.39 is 5.82 Å². The largest absolute Gasteiger partial charge is 0.363 e. The van der Waals surface area contributed by atoms with Crippen molar-refractivity contribution in [1.82, 2.24) is 15.3 Å². The molecule has 1 heterocycles. The van der Waals surface area contributed by atoms with Crippen molar-refractivity contribution in [2.24, 2.45) is 0 Å². The third kappa shape index (κ3) is 5.07. The quantitative estimate of drug-likeness (QED) is 0.816. The Bertz CT molecular complexity index is 808. The second-order valence-electron chi connectivity index (χ2n) is 6.93.